The second-order valence-corrected chi connectivity index (χ2v) is 23.2. The zero-order valence-electron chi connectivity index (χ0n) is 39.4. The Morgan fingerprint density at radius 1 is 0.343 bits per heavy atom. The van der Waals surface area contributed by atoms with Gasteiger partial charge in [-0.05, 0) is 100 Å². The van der Waals surface area contributed by atoms with Crippen molar-refractivity contribution in [1.82, 2.24) is 0 Å². The van der Waals surface area contributed by atoms with Gasteiger partial charge in [0.05, 0.1) is 108 Å². The molecule has 6 aromatic rings. The molecular weight excluding hydrogens is 977 g/mol. The monoisotopic (exact) mass is 1030 g/mol. The lowest BCUT2D eigenvalue weighted by Gasteiger charge is -2.27. The lowest BCUT2D eigenvalue weighted by molar-refractivity contribution is -0.0000286. The van der Waals surface area contributed by atoms with E-state index in [9.17, 15) is 33.7 Å². The first-order chi connectivity index (χ1) is 33.4. The van der Waals surface area contributed by atoms with Crippen LogP contribution in [0.1, 0.15) is 22.3 Å². The summed E-state index contributed by atoms with van der Waals surface area (Å²) in [7, 11) is -16.5. The summed E-state index contributed by atoms with van der Waals surface area (Å²) in [6, 6.07) is 37.9. The van der Waals surface area contributed by atoms with E-state index in [4.69, 9.17) is 18.9 Å². The predicted molar refractivity (Wildman–Crippen MR) is 272 cm³/mol. The number of hydrogen-bond acceptors (Lipinski definition) is 12. The zero-order chi connectivity index (χ0) is 50.4. The molecule has 0 aliphatic carbocycles. The molecule has 0 bridgehead atoms. The number of hydrogen-bond donors (Lipinski definition) is 2. The third kappa shape index (κ3) is 14.4. The molecule has 0 aliphatic rings. The smallest absolute Gasteiger partial charge is 0.264 e. The maximum atomic E-state index is 14.1. The van der Waals surface area contributed by atoms with Crippen molar-refractivity contribution in [3.05, 3.63) is 168 Å². The predicted octanol–water partition coefficient (Wildman–Crippen LogP) is 7.68. The van der Waals surface area contributed by atoms with E-state index < -0.39 is 40.1 Å². The Kier molecular flexibility index (Phi) is 18.6. The molecule has 0 radical (unpaired) electrons. The normalized spacial score (nSPS) is 12.1. The summed E-state index contributed by atoms with van der Waals surface area (Å²) in [5.74, 6) is 0. The number of aryl methyl sites for hydroxylation is 4. The molecule has 0 saturated carbocycles. The number of para-hydroxylation sites is 4. The standard InChI is InChI=1S/C50H58N4O12S4/c1-39-13-21-43(22-14-39)67(55,56)51-47-9-5-7-11-49(47)53(69(59,60)45-25-17-41(3)18-26-45)29-31-63-33-35-65-37-38-66-36-34-64-32-30-54(70(61,62)46-27-19-42(4)20-28-46)50-12-8-6-10-48(50)52-68(57,58)44-23-15-40(2)16-24-44/h5-28,51-52H,29-38H2,1-4H3. The molecule has 0 atom stereocenters. The van der Waals surface area contributed by atoms with Gasteiger partial charge < -0.3 is 18.9 Å². The van der Waals surface area contributed by atoms with Gasteiger partial charge in [0.15, 0.2) is 0 Å². The average Bonchev–Trinajstić information content (AvgIpc) is 3.32. The fourth-order valence-corrected chi connectivity index (χ4v) is 12.0. The summed E-state index contributed by atoms with van der Waals surface area (Å²) in [6.07, 6.45) is 0. The number of nitrogens with one attached hydrogen (secondary N) is 2. The minimum absolute atomic E-state index is 0.0269. The Morgan fingerprint density at radius 3 is 0.900 bits per heavy atom. The number of sulfonamides is 4. The van der Waals surface area contributed by atoms with Crippen molar-refractivity contribution in [3.63, 3.8) is 0 Å². The minimum atomic E-state index is -4.18. The second-order valence-electron chi connectivity index (χ2n) is 16.1. The SMILES string of the molecule is Cc1ccc(S(=O)(=O)Nc2ccccc2N(CCOCCOCCOCCOCCN(c2ccccc2NS(=O)(=O)c2ccc(C)cc2)S(=O)(=O)c2ccc(C)cc2)S(=O)(=O)c2ccc(C)cc2)cc1. The maximum Gasteiger partial charge on any atom is 0.264 e. The first-order valence-electron chi connectivity index (χ1n) is 22.3. The molecule has 0 spiro atoms. The van der Waals surface area contributed by atoms with E-state index in [1.807, 2.05) is 27.7 Å². The van der Waals surface area contributed by atoms with Gasteiger partial charge in [-0.25, -0.2) is 33.7 Å². The zero-order valence-corrected chi connectivity index (χ0v) is 42.6. The molecule has 0 aromatic heterocycles. The number of nitrogens with zero attached hydrogens (tertiary/aromatic N) is 2. The Hall–Kier alpha value is -5.84. The fraction of sp³-hybridized carbons (Fsp3) is 0.280. The van der Waals surface area contributed by atoms with Gasteiger partial charge in [-0.1, -0.05) is 95.1 Å². The highest BCUT2D eigenvalue weighted by Gasteiger charge is 2.30. The Labute approximate surface area is 412 Å². The van der Waals surface area contributed by atoms with E-state index in [1.54, 1.807) is 72.8 Å². The van der Waals surface area contributed by atoms with E-state index in [0.717, 1.165) is 30.9 Å². The molecule has 20 heteroatoms. The fourth-order valence-electron chi connectivity index (χ4n) is 6.87. The van der Waals surface area contributed by atoms with Gasteiger partial charge in [0.2, 0.25) is 0 Å². The summed E-state index contributed by atoms with van der Waals surface area (Å²) < 4.78 is 140. The Bertz CT molecular complexity index is 2890. The van der Waals surface area contributed by atoms with Crippen LogP contribution in [0.25, 0.3) is 0 Å². The van der Waals surface area contributed by atoms with Gasteiger partial charge in [-0.3, -0.25) is 18.1 Å². The number of ether oxygens (including phenoxy) is 4. The molecule has 6 aromatic carbocycles. The van der Waals surface area contributed by atoms with Gasteiger partial charge in [0.1, 0.15) is 0 Å². The van der Waals surface area contributed by atoms with Gasteiger partial charge in [0, 0.05) is 0 Å². The molecule has 0 fully saturated rings. The molecule has 0 heterocycles. The highest BCUT2D eigenvalue weighted by Crippen LogP contribution is 2.34. The molecule has 70 heavy (non-hydrogen) atoms. The summed E-state index contributed by atoms with van der Waals surface area (Å²) in [5.41, 5.74) is 3.90. The highest BCUT2D eigenvalue weighted by molar-refractivity contribution is 7.94. The quantitative estimate of drug-likeness (QED) is 0.0477. The van der Waals surface area contributed by atoms with Crippen LogP contribution in [0.3, 0.4) is 0 Å². The van der Waals surface area contributed by atoms with Crippen LogP contribution >= 0.6 is 0 Å². The van der Waals surface area contributed by atoms with Crippen LogP contribution in [0.4, 0.5) is 22.7 Å². The van der Waals surface area contributed by atoms with Crippen molar-refractivity contribution in [1.29, 1.82) is 0 Å². The van der Waals surface area contributed by atoms with Crippen molar-refractivity contribution >= 4 is 62.8 Å². The first kappa shape index (κ1) is 53.5. The number of benzene rings is 6. The molecule has 0 amide bonds. The lowest BCUT2D eigenvalue weighted by atomic mass is 10.2. The van der Waals surface area contributed by atoms with Gasteiger partial charge in [-0.15, -0.1) is 0 Å². The maximum absolute atomic E-state index is 14.1. The first-order valence-corrected chi connectivity index (χ1v) is 28.1. The van der Waals surface area contributed by atoms with E-state index in [0.29, 0.717) is 0 Å². The minimum Gasteiger partial charge on any atom is -0.377 e. The third-order valence-electron chi connectivity index (χ3n) is 10.7. The molecule has 6 rings (SSSR count). The average molecular weight is 1040 g/mol. The van der Waals surface area contributed by atoms with Crippen molar-refractivity contribution < 1.29 is 52.6 Å². The topological polar surface area (TPSA) is 204 Å². The van der Waals surface area contributed by atoms with Crippen molar-refractivity contribution in [2.75, 3.05) is 84.0 Å². The summed E-state index contributed by atoms with van der Waals surface area (Å²) in [4.78, 5) is 0.108. The second kappa shape index (κ2) is 24.3. The highest BCUT2D eigenvalue weighted by atomic mass is 32.2. The van der Waals surface area contributed by atoms with E-state index in [1.165, 1.54) is 72.8 Å². The molecule has 2 N–H and O–H groups in total. The van der Waals surface area contributed by atoms with Gasteiger partial charge in [-0.2, -0.15) is 0 Å². The van der Waals surface area contributed by atoms with Crippen molar-refractivity contribution in [3.8, 4) is 0 Å². The van der Waals surface area contributed by atoms with Gasteiger partial charge >= 0.3 is 0 Å². The Morgan fingerprint density at radius 2 is 0.600 bits per heavy atom. The number of rotatable bonds is 27. The van der Waals surface area contributed by atoms with Crippen LogP contribution in [0.2, 0.25) is 0 Å². The summed E-state index contributed by atoms with van der Waals surface area (Å²) in [5, 5.41) is 0. The van der Waals surface area contributed by atoms with Crippen molar-refractivity contribution in [2.45, 2.75) is 47.3 Å². The van der Waals surface area contributed by atoms with E-state index in [-0.39, 0.29) is 108 Å². The molecule has 16 nitrogen and oxygen atoms in total. The third-order valence-corrected chi connectivity index (χ3v) is 17.1. The largest absolute Gasteiger partial charge is 0.377 e. The van der Waals surface area contributed by atoms with E-state index >= 15 is 0 Å². The van der Waals surface area contributed by atoms with Crippen molar-refractivity contribution in [2.24, 2.45) is 0 Å². The number of anilines is 4. The van der Waals surface area contributed by atoms with Crippen LogP contribution in [0.15, 0.2) is 165 Å². The summed E-state index contributed by atoms with van der Waals surface area (Å²) >= 11 is 0. The van der Waals surface area contributed by atoms with Crippen LogP contribution in [0, 0.1) is 27.7 Å². The molecule has 374 valence electrons. The molecule has 0 aliphatic heterocycles. The van der Waals surface area contributed by atoms with Crippen LogP contribution in [-0.4, -0.2) is 99.6 Å². The Balaban J connectivity index is 0.976. The lowest BCUT2D eigenvalue weighted by Crippen LogP contribution is -2.35. The van der Waals surface area contributed by atoms with Crippen LogP contribution in [0.5, 0.6) is 0 Å². The summed E-state index contributed by atoms with van der Waals surface area (Å²) in [6.45, 7) is 8.03. The van der Waals surface area contributed by atoms with Crippen LogP contribution in [-0.2, 0) is 59.0 Å². The van der Waals surface area contributed by atoms with Crippen LogP contribution < -0.4 is 18.1 Å². The van der Waals surface area contributed by atoms with E-state index in [2.05, 4.69) is 9.44 Å². The molecule has 0 unspecified atom stereocenters. The molecular formula is C50H58N4O12S4. The van der Waals surface area contributed by atoms with Gasteiger partial charge in [0.25, 0.3) is 40.1 Å². The molecule has 0 saturated heterocycles.